The van der Waals surface area contributed by atoms with Gasteiger partial charge in [-0.15, -0.1) is 0 Å². The molecule has 2 aromatic rings. The van der Waals surface area contributed by atoms with Crippen molar-refractivity contribution >= 4 is 11.8 Å². The Bertz CT molecular complexity index is 859. The summed E-state index contributed by atoms with van der Waals surface area (Å²) in [6.07, 6.45) is 0.683. The number of nitrogens with zero attached hydrogens (tertiary/aromatic N) is 1. The number of esters is 1. The van der Waals surface area contributed by atoms with Gasteiger partial charge in [-0.25, -0.2) is 4.79 Å². The van der Waals surface area contributed by atoms with Crippen molar-refractivity contribution in [3.05, 3.63) is 71.8 Å². The number of Topliss-reactive ketones (excluding diaryl/α,β-unsaturated/α-hetero) is 1. The maximum absolute atomic E-state index is 12.5. The van der Waals surface area contributed by atoms with E-state index < -0.39 is 11.8 Å². The van der Waals surface area contributed by atoms with Gasteiger partial charge in [-0.1, -0.05) is 60.7 Å². The number of piperidine rings is 1. The Labute approximate surface area is 178 Å². The Morgan fingerprint density at radius 2 is 1.40 bits per heavy atom. The number of carbonyl (C=O) groups is 2. The third-order valence-electron chi connectivity index (χ3n) is 5.58. The van der Waals surface area contributed by atoms with Crippen LogP contribution in [0.3, 0.4) is 0 Å². The number of benzene rings is 2. The first-order chi connectivity index (χ1) is 14.1. The molecule has 5 nitrogen and oxygen atoms in total. The number of ketones is 1. The molecule has 160 valence electrons. The Hall–Kier alpha value is -2.50. The van der Waals surface area contributed by atoms with Crippen molar-refractivity contribution in [3.63, 3.8) is 0 Å². The third kappa shape index (κ3) is 4.97. The first-order valence-electron chi connectivity index (χ1n) is 10.4. The summed E-state index contributed by atoms with van der Waals surface area (Å²) in [5, 5.41) is 2.03. The van der Waals surface area contributed by atoms with E-state index >= 15 is 0 Å². The highest BCUT2D eigenvalue weighted by Gasteiger charge is 2.48. The highest BCUT2D eigenvalue weighted by atomic mass is 16.7. The molecule has 2 aromatic carbocycles. The van der Waals surface area contributed by atoms with E-state index in [1.54, 1.807) is 30.3 Å². The summed E-state index contributed by atoms with van der Waals surface area (Å²) in [6, 6.07) is 18.6. The van der Waals surface area contributed by atoms with Crippen molar-refractivity contribution in [1.29, 1.82) is 0 Å². The number of hydroxylamine groups is 2. The number of ether oxygens (including phenoxy) is 1. The van der Waals surface area contributed by atoms with E-state index in [-0.39, 0.29) is 23.3 Å². The predicted octanol–water partition coefficient (Wildman–Crippen LogP) is 5.13. The molecule has 0 saturated carbocycles. The number of hydrogen-bond acceptors (Lipinski definition) is 5. The van der Waals surface area contributed by atoms with Crippen LogP contribution in [0.4, 0.5) is 0 Å². The van der Waals surface area contributed by atoms with Crippen LogP contribution in [0.1, 0.15) is 69.5 Å². The lowest BCUT2D eigenvalue weighted by atomic mass is 9.80. The first kappa shape index (κ1) is 22.2. The van der Waals surface area contributed by atoms with Crippen molar-refractivity contribution in [2.45, 2.75) is 70.7 Å². The summed E-state index contributed by atoms with van der Waals surface area (Å²) in [7, 11) is 0. The molecule has 0 N–H and O–H groups in total. The zero-order chi connectivity index (χ0) is 21.9. The van der Waals surface area contributed by atoms with E-state index in [1.807, 2.05) is 42.3 Å². The van der Waals surface area contributed by atoms with E-state index in [9.17, 15) is 9.59 Å². The van der Waals surface area contributed by atoms with Gasteiger partial charge in [0.05, 0.1) is 0 Å². The molecule has 0 spiro atoms. The Morgan fingerprint density at radius 3 is 1.93 bits per heavy atom. The van der Waals surface area contributed by atoms with E-state index in [1.165, 1.54) is 0 Å². The smallest absolute Gasteiger partial charge is 0.379 e. The summed E-state index contributed by atoms with van der Waals surface area (Å²) in [6.45, 7) is 10.3. The second-order valence-corrected chi connectivity index (χ2v) is 9.21. The highest BCUT2D eigenvalue weighted by molar-refractivity contribution is 6.40. The molecule has 1 aliphatic rings. The quantitative estimate of drug-likeness (QED) is 0.376. The minimum atomic E-state index is -0.801. The van der Waals surface area contributed by atoms with Crippen LogP contribution in [0.2, 0.25) is 0 Å². The standard InChI is InChI=1S/C25H31NO4/c1-18(19-12-8-6-9-13-19)30-26-24(2,3)16-21(17-25(26,4)5)29-23(28)22(27)20-14-10-7-11-15-20/h6-15,18,21H,16-17H2,1-5H3. The fourth-order valence-electron chi connectivity index (χ4n) is 4.40. The van der Waals surface area contributed by atoms with Crippen LogP contribution in [0.15, 0.2) is 60.7 Å². The minimum absolute atomic E-state index is 0.108. The molecule has 5 heteroatoms. The van der Waals surface area contributed by atoms with E-state index in [2.05, 4.69) is 27.7 Å². The van der Waals surface area contributed by atoms with Gasteiger partial charge in [-0.2, -0.15) is 5.06 Å². The molecule has 1 fully saturated rings. The molecule has 0 radical (unpaired) electrons. The maximum Gasteiger partial charge on any atom is 0.379 e. The van der Waals surface area contributed by atoms with Gasteiger partial charge in [-0.05, 0) is 40.2 Å². The second kappa shape index (κ2) is 8.70. The maximum atomic E-state index is 12.5. The van der Waals surface area contributed by atoms with Crippen molar-refractivity contribution in [2.24, 2.45) is 0 Å². The zero-order valence-electron chi connectivity index (χ0n) is 18.4. The summed E-state index contributed by atoms with van der Waals surface area (Å²) in [5.41, 5.74) is 0.682. The van der Waals surface area contributed by atoms with Gasteiger partial charge < -0.3 is 4.74 Å². The van der Waals surface area contributed by atoms with Crippen molar-refractivity contribution in [3.8, 4) is 0 Å². The fraction of sp³-hybridized carbons (Fsp3) is 0.440. The van der Waals surface area contributed by atoms with Gasteiger partial charge in [0.15, 0.2) is 0 Å². The molecule has 1 heterocycles. The normalized spacial score (nSPS) is 19.8. The number of carbonyl (C=O) groups excluding carboxylic acids is 2. The molecule has 0 aliphatic carbocycles. The van der Waals surface area contributed by atoms with Gasteiger partial charge in [0.25, 0.3) is 5.78 Å². The summed E-state index contributed by atoms with van der Waals surface area (Å²) >= 11 is 0. The average molecular weight is 410 g/mol. The van der Waals surface area contributed by atoms with Gasteiger partial charge in [0.1, 0.15) is 12.2 Å². The van der Waals surface area contributed by atoms with Crippen LogP contribution < -0.4 is 0 Å². The minimum Gasteiger partial charge on any atom is -0.456 e. The topological polar surface area (TPSA) is 55.8 Å². The van der Waals surface area contributed by atoms with E-state index in [4.69, 9.17) is 9.57 Å². The summed E-state index contributed by atoms with van der Waals surface area (Å²) in [5.74, 6) is -1.41. The van der Waals surface area contributed by atoms with E-state index in [0.29, 0.717) is 18.4 Å². The molecular weight excluding hydrogens is 378 g/mol. The molecule has 0 aromatic heterocycles. The molecule has 3 rings (SSSR count). The number of rotatable bonds is 6. The molecule has 30 heavy (non-hydrogen) atoms. The lowest BCUT2D eigenvalue weighted by molar-refractivity contribution is -0.314. The van der Waals surface area contributed by atoms with Gasteiger partial charge in [-0.3, -0.25) is 9.63 Å². The largest absolute Gasteiger partial charge is 0.456 e. The van der Waals surface area contributed by atoms with E-state index in [0.717, 1.165) is 5.56 Å². The molecule has 0 bridgehead atoms. The lowest BCUT2D eigenvalue weighted by Crippen LogP contribution is -2.62. The molecule has 0 amide bonds. The van der Waals surface area contributed by atoms with Crippen LogP contribution >= 0.6 is 0 Å². The molecule has 1 saturated heterocycles. The Morgan fingerprint density at radius 1 is 0.900 bits per heavy atom. The summed E-state index contributed by atoms with van der Waals surface area (Å²) in [4.78, 5) is 31.3. The van der Waals surface area contributed by atoms with Crippen LogP contribution in [-0.2, 0) is 14.4 Å². The monoisotopic (exact) mass is 409 g/mol. The van der Waals surface area contributed by atoms with Crippen LogP contribution in [-0.4, -0.2) is 34.0 Å². The third-order valence-corrected chi connectivity index (χ3v) is 5.58. The fourth-order valence-corrected chi connectivity index (χ4v) is 4.40. The van der Waals surface area contributed by atoms with Gasteiger partial charge >= 0.3 is 5.97 Å². The predicted molar refractivity (Wildman–Crippen MR) is 116 cm³/mol. The van der Waals surface area contributed by atoms with Crippen molar-refractivity contribution in [2.75, 3.05) is 0 Å². The average Bonchev–Trinajstić information content (AvgIpc) is 2.70. The Kier molecular flexibility index (Phi) is 6.44. The van der Waals surface area contributed by atoms with Gasteiger partial charge in [0.2, 0.25) is 0 Å². The number of hydrogen-bond donors (Lipinski definition) is 0. The molecule has 1 unspecified atom stereocenters. The summed E-state index contributed by atoms with van der Waals surface area (Å²) < 4.78 is 5.65. The Balaban J connectivity index is 1.69. The first-order valence-corrected chi connectivity index (χ1v) is 10.4. The van der Waals surface area contributed by atoms with Crippen LogP contribution in [0, 0.1) is 0 Å². The van der Waals surface area contributed by atoms with Gasteiger partial charge in [0, 0.05) is 29.5 Å². The lowest BCUT2D eigenvalue weighted by Gasteiger charge is -2.54. The molecule has 1 aliphatic heterocycles. The second-order valence-electron chi connectivity index (χ2n) is 9.21. The SMILES string of the molecule is CC(ON1C(C)(C)CC(OC(=O)C(=O)c2ccccc2)CC1(C)C)c1ccccc1. The van der Waals surface area contributed by atoms with Crippen molar-refractivity contribution in [1.82, 2.24) is 5.06 Å². The van der Waals surface area contributed by atoms with Crippen LogP contribution in [0.25, 0.3) is 0 Å². The van der Waals surface area contributed by atoms with Crippen molar-refractivity contribution < 1.29 is 19.2 Å². The highest BCUT2D eigenvalue weighted by Crippen LogP contribution is 2.41. The molecular formula is C25H31NO4. The molecule has 1 atom stereocenters. The van der Waals surface area contributed by atoms with Crippen LogP contribution in [0.5, 0.6) is 0 Å². The zero-order valence-corrected chi connectivity index (χ0v) is 18.4.